The van der Waals surface area contributed by atoms with Gasteiger partial charge in [0.05, 0.1) is 16.9 Å². The molecule has 36 heavy (non-hydrogen) atoms. The van der Waals surface area contributed by atoms with Crippen molar-refractivity contribution in [3.8, 4) is 11.1 Å². The minimum atomic E-state index is -4.67. The Bertz CT molecular complexity index is 1250. The fourth-order valence-electron chi connectivity index (χ4n) is 3.13. The Morgan fingerprint density at radius 1 is 0.972 bits per heavy atom. The van der Waals surface area contributed by atoms with Crippen LogP contribution in [0.4, 0.5) is 39.4 Å². The van der Waals surface area contributed by atoms with Gasteiger partial charge in [-0.2, -0.15) is 13.2 Å². The monoisotopic (exact) mass is 504 g/mol. The SMILES string of the molecule is CN(C)CCOC(=O)Nc1ccc(C(=O)Nc2cc(-c3ccc(C(F)(F)F)cc3F)ccc2N)cc1. The highest BCUT2D eigenvalue weighted by atomic mass is 19.4. The lowest BCUT2D eigenvalue weighted by molar-refractivity contribution is -0.137. The second-order valence-electron chi connectivity index (χ2n) is 8.09. The summed E-state index contributed by atoms with van der Waals surface area (Å²) < 4.78 is 57.9. The Labute approximate surface area is 204 Å². The van der Waals surface area contributed by atoms with Crippen molar-refractivity contribution >= 4 is 29.1 Å². The molecule has 0 aromatic heterocycles. The van der Waals surface area contributed by atoms with Crippen LogP contribution in [0.2, 0.25) is 0 Å². The average Bonchev–Trinajstić information content (AvgIpc) is 2.80. The third-order valence-electron chi connectivity index (χ3n) is 5.07. The maximum Gasteiger partial charge on any atom is 0.416 e. The van der Waals surface area contributed by atoms with E-state index in [1.807, 2.05) is 19.0 Å². The van der Waals surface area contributed by atoms with E-state index in [1.165, 1.54) is 42.5 Å². The van der Waals surface area contributed by atoms with E-state index in [1.54, 1.807) is 0 Å². The van der Waals surface area contributed by atoms with Gasteiger partial charge in [-0.3, -0.25) is 10.1 Å². The number of likely N-dealkylation sites (N-methyl/N-ethyl adjacent to an activating group) is 1. The van der Waals surface area contributed by atoms with E-state index < -0.39 is 29.6 Å². The lowest BCUT2D eigenvalue weighted by Gasteiger charge is -2.13. The zero-order valence-electron chi connectivity index (χ0n) is 19.4. The second kappa shape index (κ2) is 11.1. The van der Waals surface area contributed by atoms with Gasteiger partial charge in [0, 0.05) is 23.4 Å². The molecule has 3 rings (SSSR count). The van der Waals surface area contributed by atoms with Gasteiger partial charge in [0.15, 0.2) is 0 Å². The molecule has 2 amide bonds. The number of hydrogen-bond acceptors (Lipinski definition) is 5. The molecule has 0 heterocycles. The van der Waals surface area contributed by atoms with Crippen molar-refractivity contribution < 1.29 is 31.9 Å². The number of nitrogens with zero attached hydrogens (tertiary/aromatic N) is 1. The smallest absolute Gasteiger partial charge is 0.416 e. The predicted molar refractivity (Wildman–Crippen MR) is 129 cm³/mol. The van der Waals surface area contributed by atoms with Crippen LogP contribution in [0.1, 0.15) is 15.9 Å². The van der Waals surface area contributed by atoms with Gasteiger partial charge < -0.3 is 20.7 Å². The van der Waals surface area contributed by atoms with Crippen LogP contribution in [0.25, 0.3) is 11.1 Å². The van der Waals surface area contributed by atoms with Crippen LogP contribution in [0.15, 0.2) is 60.7 Å². The number of anilines is 3. The van der Waals surface area contributed by atoms with E-state index in [-0.39, 0.29) is 34.7 Å². The van der Waals surface area contributed by atoms with Crippen LogP contribution in [0.3, 0.4) is 0 Å². The van der Waals surface area contributed by atoms with Crippen molar-refractivity contribution in [2.45, 2.75) is 6.18 Å². The summed E-state index contributed by atoms with van der Waals surface area (Å²) in [5.74, 6) is -1.60. The molecule has 0 aliphatic rings. The summed E-state index contributed by atoms with van der Waals surface area (Å²) in [6.07, 6.45) is -5.30. The highest BCUT2D eigenvalue weighted by Crippen LogP contribution is 2.34. The zero-order chi connectivity index (χ0) is 26.5. The van der Waals surface area contributed by atoms with Crippen LogP contribution in [0.5, 0.6) is 0 Å². The molecule has 4 N–H and O–H groups in total. The lowest BCUT2D eigenvalue weighted by atomic mass is 10.0. The first kappa shape index (κ1) is 26.5. The largest absolute Gasteiger partial charge is 0.448 e. The Kier molecular flexibility index (Phi) is 8.15. The van der Waals surface area contributed by atoms with Crippen LogP contribution >= 0.6 is 0 Å². The third kappa shape index (κ3) is 6.95. The van der Waals surface area contributed by atoms with Crippen LogP contribution < -0.4 is 16.4 Å². The number of nitrogens with one attached hydrogen (secondary N) is 2. The number of nitrogen functional groups attached to an aromatic ring is 1. The topological polar surface area (TPSA) is 96.7 Å². The van der Waals surface area contributed by atoms with Gasteiger partial charge in [-0.15, -0.1) is 0 Å². The number of carbonyl (C=O) groups excluding carboxylic acids is 2. The molecule has 0 unspecified atom stereocenters. The summed E-state index contributed by atoms with van der Waals surface area (Å²) in [7, 11) is 3.70. The van der Waals surface area contributed by atoms with Gasteiger partial charge in [-0.25, -0.2) is 9.18 Å². The van der Waals surface area contributed by atoms with Crippen LogP contribution in [0, 0.1) is 5.82 Å². The maximum absolute atomic E-state index is 14.4. The van der Waals surface area contributed by atoms with Gasteiger partial charge in [-0.05, 0) is 68.2 Å². The van der Waals surface area contributed by atoms with Gasteiger partial charge in [0.25, 0.3) is 5.91 Å². The highest BCUT2D eigenvalue weighted by molar-refractivity contribution is 6.06. The molecule has 11 heteroatoms. The lowest BCUT2D eigenvalue weighted by Crippen LogP contribution is -2.22. The predicted octanol–water partition coefficient (Wildman–Crippen LogP) is 5.46. The summed E-state index contributed by atoms with van der Waals surface area (Å²) in [4.78, 5) is 26.4. The molecule has 0 fully saturated rings. The van der Waals surface area contributed by atoms with Gasteiger partial charge in [0.1, 0.15) is 12.4 Å². The summed E-state index contributed by atoms with van der Waals surface area (Å²) in [5, 5.41) is 5.15. The fraction of sp³-hybridized carbons (Fsp3) is 0.200. The number of rotatable bonds is 7. The normalized spacial score (nSPS) is 11.3. The summed E-state index contributed by atoms with van der Waals surface area (Å²) in [6.45, 7) is 0.790. The van der Waals surface area contributed by atoms with Gasteiger partial charge in [-0.1, -0.05) is 12.1 Å². The molecular formula is C25H24F4N4O3. The van der Waals surface area contributed by atoms with Crippen molar-refractivity contribution in [3.05, 3.63) is 77.6 Å². The van der Waals surface area contributed by atoms with Crippen molar-refractivity contribution in [2.75, 3.05) is 43.6 Å². The number of amides is 2. The molecule has 3 aromatic rings. The minimum Gasteiger partial charge on any atom is -0.448 e. The standard InChI is InChI=1S/C25H24F4N4O3/c1-33(2)11-12-36-24(35)31-18-7-3-15(4-8-18)23(34)32-22-13-16(5-10-21(22)30)19-9-6-17(14-20(19)26)25(27,28)29/h3-10,13-14H,11-12,30H2,1-2H3,(H,31,35)(H,32,34). The highest BCUT2D eigenvalue weighted by Gasteiger charge is 2.31. The Morgan fingerprint density at radius 2 is 1.67 bits per heavy atom. The molecule has 0 saturated carbocycles. The average molecular weight is 504 g/mol. The first-order chi connectivity index (χ1) is 16.9. The van der Waals surface area contributed by atoms with Crippen molar-refractivity contribution in [1.29, 1.82) is 0 Å². The van der Waals surface area contributed by atoms with E-state index in [9.17, 15) is 27.2 Å². The molecule has 0 aliphatic heterocycles. The molecule has 0 saturated heterocycles. The first-order valence-corrected chi connectivity index (χ1v) is 10.7. The van der Waals surface area contributed by atoms with Crippen molar-refractivity contribution in [1.82, 2.24) is 4.90 Å². The Hall–Kier alpha value is -4.12. The fourth-order valence-corrected chi connectivity index (χ4v) is 3.13. The van der Waals surface area contributed by atoms with E-state index in [0.717, 1.165) is 12.1 Å². The number of hydrogen-bond donors (Lipinski definition) is 3. The number of alkyl halides is 3. The summed E-state index contributed by atoms with van der Waals surface area (Å²) in [5.41, 5.74) is 5.98. The molecule has 0 radical (unpaired) electrons. The zero-order valence-corrected chi connectivity index (χ0v) is 19.4. The summed E-state index contributed by atoms with van der Waals surface area (Å²) in [6, 6.07) is 12.4. The van der Waals surface area contributed by atoms with Gasteiger partial charge >= 0.3 is 12.3 Å². The second-order valence-corrected chi connectivity index (χ2v) is 8.09. The Morgan fingerprint density at radius 3 is 2.28 bits per heavy atom. The van der Waals surface area contributed by atoms with Crippen molar-refractivity contribution in [3.63, 3.8) is 0 Å². The first-order valence-electron chi connectivity index (χ1n) is 10.7. The summed E-state index contributed by atoms with van der Waals surface area (Å²) >= 11 is 0. The number of carbonyl (C=O) groups is 2. The number of nitrogens with two attached hydrogens (primary N) is 1. The molecule has 0 spiro atoms. The van der Waals surface area contributed by atoms with Crippen LogP contribution in [-0.2, 0) is 10.9 Å². The van der Waals surface area contributed by atoms with E-state index in [2.05, 4.69) is 10.6 Å². The quantitative estimate of drug-likeness (QED) is 0.294. The molecule has 7 nitrogen and oxygen atoms in total. The molecule has 0 bridgehead atoms. The van der Waals surface area contributed by atoms with E-state index in [4.69, 9.17) is 10.5 Å². The number of ether oxygens (including phenoxy) is 1. The van der Waals surface area contributed by atoms with Gasteiger partial charge in [0.2, 0.25) is 0 Å². The molecule has 0 atom stereocenters. The van der Waals surface area contributed by atoms with E-state index in [0.29, 0.717) is 18.3 Å². The Balaban J connectivity index is 1.70. The maximum atomic E-state index is 14.4. The minimum absolute atomic E-state index is 0.0774. The molecular weight excluding hydrogens is 480 g/mol. The van der Waals surface area contributed by atoms with E-state index >= 15 is 0 Å². The van der Waals surface area contributed by atoms with Crippen molar-refractivity contribution in [2.24, 2.45) is 0 Å². The third-order valence-corrected chi connectivity index (χ3v) is 5.07. The van der Waals surface area contributed by atoms with Crippen LogP contribution in [-0.4, -0.2) is 44.1 Å². The molecule has 190 valence electrons. The number of halogens is 4. The molecule has 0 aliphatic carbocycles. The molecule has 3 aromatic carbocycles. The number of benzene rings is 3.